The van der Waals surface area contributed by atoms with E-state index in [1.807, 2.05) is 0 Å². The molecule has 1 spiro atoms. The van der Waals surface area contributed by atoms with Gasteiger partial charge in [0, 0.05) is 18.3 Å². The lowest BCUT2D eigenvalue weighted by molar-refractivity contribution is 0.0658. The molecule has 1 heterocycles. The molecule has 15 heavy (non-hydrogen) atoms. The third kappa shape index (κ3) is 2.41. The largest absolute Gasteiger partial charge is 0.465 e. The van der Waals surface area contributed by atoms with Crippen LogP contribution in [0, 0.1) is 5.41 Å². The summed E-state index contributed by atoms with van der Waals surface area (Å²) >= 11 is 4.51. The van der Waals surface area contributed by atoms with Crippen LogP contribution in [0.25, 0.3) is 0 Å². The molecule has 0 aromatic carbocycles. The third-order valence-electron chi connectivity index (χ3n) is 4.11. The standard InChI is InChI=1S/C11H19NO2S/c13-10(14)12-7-5-11(6-8-12)3-1-9(15)2-4-11/h9,15H,1-8H2,(H,13,14). The van der Waals surface area contributed by atoms with Crippen molar-refractivity contribution in [1.82, 2.24) is 4.90 Å². The Morgan fingerprint density at radius 3 is 2.20 bits per heavy atom. The first-order chi connectivity index (χ1) is 7.11. The quantitative estimate of drug-likeness (QED) is 0.627. The number of hydrogen-bond donors (Lipinski definition) is 2. The molecule has 3 nitrogen and oxygen atoms in total. The van der Waals surface area contributed by atoms with Crippen LogP contribution in [0.5, 0.6) is 0 Å². The molecule has 2 rings (SSSR count). The molecule has 0 unspecified atom stereocenters. The van der Waals surface area contributed by atoms with Gasteiger partial charge in [0.2, 0.25) is 0 Å². The molecule has 0 aromatic heterocycles. The summed E-state index contributed by atoms with van der Waals surface area (Å²) in [5.74, 6) is 0. The van der Waals surface area contributed by atoms with E-state index in [4.69, 9.17) is 5.11 Å². The molecule has 1 N–H and O–H groups in total. The van der Waals surface area contributed by atoms with Crippen LogP contribution >= 0.6 is 12.6 Å². The summed E-state index contributed by atoms with van der Waals surface area (Å²) in [6, 6.07) is 0. The molecule has 1 saturated carbocycles. The minimum absolute atomic E-state index is 0.450. The number of nitrogens with zero attached hydrogens (tertiary/aromatic N) is 1. The second kappa shape index (κ2) is 4.24. The van der Waals surface area contributed by atoms with E-state index < -0.39 is 6.09 Å². The summed E-state index contributed by atoms with van der Waals surface area (Å²) in [6.45, 7) is 1.46. The Morgan fingerprint density at radius 1 is 1.20 bits per heavy atom. The number of likely N-dealkylation sites (tertiary alicyclic amines) is 1. The zero-order valence-corrected chi connectivity index (χ0v) is 9.88. The summed E-state index contributed by atoms with van der Waals surface area (Å²) in [6.07, 6.45) is 6.25. The van der Waals surface area contributed by atoms with Crippen molar-refractivity contribution in [2.75, 3.05) is 13.1 Å². The number of thiol groups is 1. The molecule has 1 amide bonds. The minimum atomic E-state index is -0.757. The number of hydrogen-bond acceptors (Lipinski definition) is 2. The fourth-order valence-corrected chi connectivity index (χ4v) is 3.15. The molecule has 1 saturated heterocycles. The maximum absolute atomic E-state index is 10.8. The SMILES string of the molecule is O=C(O)N1CCC2(CCC(S)CC2)CC1. The maximum Gasteiger partial charge on any atom is 0.407 e. The van der Waals surface area contributed by atoms with E-state index in [-0.39, 0.29) is 0 Å². The highest BCUT2D eigenvalue weighted by atomic mass is 32.1. The van der Waals surface area contributed by atoms with Crippen LogP contribution in [0.2, 0.25) is 0 Å². The first-order valence-electron chi connectivity index (χ1n) is 5.77. The van der Waals surface area contributed by atoms with Crippen LogP contribution in [-0.2, 0) is 0 Å². The number of carboxylic acid groups (broad SMARTS) is 1. The molecular weight excluding hydrogens is 210 g/mol. The van der Waals surface area contributed by atoms with E-state index in [0.29, 0.717) is 10.7 Å². The fraction of sp³-hybridized carbons (Fsp3) is 0.909. The Bertz CT molecular complexity index is 239. The van der Waals surface area contributed by atoms with Crippen LogP contribution in [-0.4, -0.2) is 34.4 Å². The zero-order chi connectivity index (χ0) is 10.9. The van der Waals surface area contributed by atoms with Crippen molar-refractivity contribution in [1.29, 1.82) is 0 Å². The normalized spacial score (nSPS) is 26.9. The average Bonchev–Trinajstić information content (AvgIpc) is 2.24. The highest BCUT2D eigenvalue weighted by Crippen LogP contribution is 2.45. The predicted molar refractivity (Wildman–Crippen MR) is 62.5 cm³/mol. The van der Waals surface area contributed by atoms with Gasteiger partial charge in [-0.15, -0.1) is 0 Å². The Balaban J connectivity index is 1.89. The topological polar surface area (TPSA) is 40.5 Å². The van der Waals surface area contributed by atoms with Gasteiger partial charge in [-0.2, -0.15) is 12.6 Å². The lowest BCUT2D eigenvalue weighted by atomic mass is 9.68. The molecule has 1 aliphatic carbocycles. The Morgan fingerprint density at radius 2 is 1.73 bits per heavy atom. The molecule has 0 bridgehead atoms. The molecule has 2 aliphatic rings. The van der Waals surface area contributed by atoms with E-state index >= 15 is 0 Å². The van der Waals surface area contributed by atoms with Crippen LogP contribution in [0.15, 0.2) is 0 Å². The Labute approximate surface area is 96.2 Å². The molecular formula is C11H19NO2S. The molecule has 0 atom stereocenters. The van der Waals surface area contributed by atoms with E-state index in [1.54, 1.807) is 4.90 Å². The van der Waals surface area contributed by atoms with Gasteiger partial charge >= 0.3 is 6.09 Å². The second-order valence-corrected chi connectivity index (χ2v) is 5.73. The van der Waals surface area contributed by atoms with Gasteiger partial charge in [-0.1, -0.05) is 0 Å². The first kappa shape index (κ1) is 11.1. The summed E-state index contributed by atoms with van der Waals surface area (Å²) in [5, 5.41) is 9.46. The summed E-state index contributed by atoms with van der Waals surface area (Å²) in [5.41, 5.74) is 0.450. The first-order valence-corrected chi connectivity index (χ1v) is 6.29. The maximum atomic E-state index is 10.8. The van der Waals surface area contributed by atoms with Crippen LogP contribution < -0.4 is 0 Å². The summed E-state index contributed by atoms with van der Waals surface area (Å²) < 4.78 is 0. The van der Waals surface area contributed by atoms with Gasteiger partial charge in [-0.25, -0.2) is 4.79 Å². The minimum Gasteiger partial charge on any atom is -0.465 e. The van der Waals surface area contributed by atoms with Crippen molar-refractivity contribution in [3.8, 4) is 0 Å². The van der Waals surface area contributed by atoms with Gasteiger partial charge in [0.15, 0.2) is 0 Å². The molecule has 0 aromatic rings. The predicted octanol–water partition coefficient (Wildman–Crippen LogP) is 2.62. The van der Waals surface area contributed by atoms with E-state index in [9.17, 15) is 4.79 Å². The summed E-state index contributed by atoms with van der Waals surface area (Å²) in [7, 11) is 0. The monoisotopic (exact) mass is 229 g/mol. The lowest BCUT2D eigenvalue weighted by Gasteiger charge is -2.44. The molecule has 2 fully saturated rings. The molecule has 86 valence electrons. The number of amides is 1. The fourth-order valence-electron chi connectivity index (χ4n) is 2.89. The highest BCUT2D eigenvalue weighted by Gasteiger charge is 2.38. The van der Waals surface area contributed by atoms with Crippen molar-refractivity contribution < 1.29 is 9.90 Å². The van der Waals surface area contributed by atoms with E-state index in [1.165, 1.54) is 25.7 Å². The van der Waals surface area contributed by atoms with Crippen molar-refractivity contribution in [2.45, 2.75) is 43.8 Å². The molecule has 4 heteroatoms. The summed E-state index contributed by atoms with van der Waals surface area (Å²) in [4.78, 5) is 12.3. The molecule has 0 radical (unpaired) electrons. The smallest absolute Gasteiger partial charge is 0.407 e. The van der Waals surface area contributed by atoms with Crippen LogP contribution in [0.1, 0.15) is 38.5 Å². The van der Waals surface area contributed by atoms with Gasteiger partial charge in [0.25, 0.3) is 0 Å². The van der Waals surface area contributed by atoms with E-state index in [2.05, 4.69) is 12.6 Å². The number of carbonyl (C=O) groups is 1. The van der Waals surface area contributed by atoms with Gasteiger partial charge in [-0.05, 0) is 43.9 Å². The lowest BCUT2D eigenvalue weighted by Crippen LogP contribution is -2.44. The van der Waals surface area contributed by atoms with E-state index in [0.717, 1.165) is 25.9 Å². The van der Waals surface area contributed by atoms with Gasteiger partial charge in [0.1, 0.15) is 0 Å². The van der Waals surface area contributed by atoms with Crippen LogP contribution in [0.4, 0.5) is 4.79 Å². The third-order valence-corrected chi connectivity index (χ3v) is 4.63. The van der Waals surface area contributed by atoms with Gasteiger partial charge < -0.3 is 10.0 Å². The van der Waals surface area contributed by atoms with Gasteiger partial charge in [0.05, 0.1) is 0 Å². The molecule has 1 aliphatic heterocycles. The average molecular weight is 229 g/mol. The Kier molecular flexibility index (Phi) is 3.14. The zero-order valence-electron chi connectivity index (χ0n) is 8.98. The Hall–Kier alpha value is -0.380. The number of piperidine rings is 1. The number of rotatable bonds is 0. The second-order valence-electron chi connectivity index (χ2n) is 5.00. The van der Waals surface area contributed by atoms with Crippen molar-refractivity contribution in [3.63, 3.8) is 0 Å². The van der Waals surface area contributed by atoms with Crippen molar-refractivity contribution in [3.05, 3.63) is 0 Å². The van der Waals surface area contributed by atoms with Crippen molar-refractivity contribution in [2.24, 2.45) is 5.41 Å². The van der Waals surface area contributed by atoms with Crippen molar-refractivity contribution >= 4 is 18.7 Å². The van der Waals surface area contributed by atoms with Crippen LogP contribution in [0.3, 0.4) is 0 Å². The van der Waals surface area contributed by atoms with Gasteiger partial charge in [-0.3, -0.25) is 0 Å². The highest BCUT2D eigenvalue weighted by molar-refractivity contribution is 7.80.